The van der Waals surface area contributed by atoms with Crippen LogP contribution in [0.4, 0.5) is 5.69 Å². The van der Waals surface area contributed by atoms with Crippen LogP contribution in [0.5, 0.6) is 0 Å². The first kappa shape index (κ1) is 19.3. The minimum absolute atomic E-state index is 0.0669. The smallest absolute Gasteiger partial charge is 0.269 e. The second kappa shape index (κ2) is 7.78. The van der Waals surface area contributed by atoms with Gasteiger partial charge in [0, 0.05) is 41.9 Å². The fourth-order valence-electron chi connectivity index (χ4n) is 3.54. The Bertz CT molecular complexity index is 1320. The fourth-order valence-corrected chi connectivity index (χ4v) is 3.54. The van der Waals surface area contributed by atoms with Crippen LogP contribution < -0.4 is 10.9 Å². The largest absolute Gasteiger partial charge is 0.352 e. The Morgan fingerprint density at radius 1 is 1.20 bits per heavy atom. The summed E-state index contributed by atoms with van der Waals surface area (Å²) in [4.78, 5) is 35.5. The van der Waals surface area contributed by atoms with Crippen molar-refractivity contribution in [1.82, 2.24) is 20.1 Å². The van der Waals surface area contributed by atoms with Crippen LogP contribution in [0.3, 0.4) is 0 Å². The SMILES string of the molecule is Cc1[nH]nc2c1c(=O)n(CCCNC(=O)c1ccc([N+](=O)[O-])cc1)c1ccccc21. The van der Waals surface area contributed by atoms with Crippen LogP contribution in [0.15, 0.2) is 53.3 Å². The topological polar surface area (TPSA) is 123 Å². The van der Waals surface area contributed by atoms with Crippen LogP contribution in [0.1, 0.15) is 22.5 Å². The van der Waals surface area contributed by atoms with Crippen molar-refractivity contribution in [3.63, 3.8) is 0 Å². The number of para-hydroxylation sites is 1. The third-order valence-electron chi connectivity index (χ3n) is 5.04. The highest BCUT2D eigenvalue weighted by Crippen LogP contribution is 2.22. The van der Waals surface area contributed by atoms with E-state index in [-0.39, 0.29) is 17.2 Å². The first-order valence-electron chi connectivity index (χ1n) is 9.46. The Balaban J connectivity index is 1.49. The predicted molar refractivity (Wildman–Crippen MR) is 113 cm³/mol. The molecule has 1 amide bonds. The number of aryl methyl sites for hydroxylation is 2. The van der Waals surface area contributed by atoms with E-state index in [0.717, 1.165) is 16.6 Å². The van der Waals surface area contributed by atoms with Crippen molar-refractivity contribution >= 4 is 33.4 Å². The van der Waals surface area contributed by atoms with Gasteiger partial charge in [-0.25, -0.2) is 0 Å². The maximum absolute atomic E-state index is 13.0. The zero-order valence-electron chi connectivity index (χ0n) is 16.2. The molecule has 0 fully saturated rings. The molecule has 0 unspecified atom stereocenters. The molecule has 2 aromatic carbocycles. The number of aromatic nitrogens is 3. The molecule has 2 heterocycles. The minimum atomic E-state index is -0.512. The number of aromatic amines is 1. The Morgan fingerprint density at radius 3 is 2.67 bits per heavy atom. The summed E-state index contributed by atoms with van der Waals surface area (Å²) in [6, 6.07) is 13.0. The molecule has 0 aliphatic heterocycles. The lowest BCUT2D eigenvalue weighted by molar-refractivity contribution is -0.384. The zero-order chi connectivity index (χ0) is 21.3. The van der Waals surface area contributed by atoms with Gasteiger partial charge in [-0.05, 0) is 31.5 Å². The number of hydrogen-bond acceptors (Lipinski definition) is 5. The number of nitrogens with one attached hydrogen (secondary N) is 2. The van der Waals surface area contributed by atoms with Crippen LogP contribution >= 0.6 is 0 Å². The Kier molecular flexibility index (Phi) is 5.01. The molecule has 2 aromatic heterocycles. The monoisotopic (exact) mass is 405 g/mol. The number of benzene rings is 2. The summed E-state index contributed by atoms with van der Waals surface area (Å²) in [5.74, 6) is -0.316. The lowest BCUT2D eigenvalue weighted by Crippen LogP contribution is -2.27. The van der Waals surface area contributed by atoms with Crippen molar-refractivity contribution in [2.75, 3.05) is 6.54 Å². The summed E-state index contributed by atoms with van der Waals surface area (Å²) in [6.45, 7) is 2.61. The molecule has 0 radical (unpaired) electrons. The van der Waals surface area contributed by atoms with E-state index in [2.05, 4.69) is 15.5 Å². The van der Waals surface area contributed by atoms with E-state index < -0.39 is 4.92 Å². The molecule has 0 aliphatic carbocycles. The first-order valence-corrected chi connectivity index (χ1v) is 9.46. The highest BCUT2D eigenvalue weighted by molar-refractivity contribution is 6.03. The van der Waals surface area contributed by atoms with E-state index in [1.165, 1.54) is 24.3 Å². The standard InChI is InChI=1S/C21H19N5O4/c1-13-18-19(24-23-13)16-5-2-3-6-17(16)25(21(18)28)12-4-11-22-20(27)14-7-9-15(10-8-14)26(29)30/h2-3,5-10H,4,11-12H2,1H3,(H,22,27)(H,23,24). The molecule has 9 nitrogen and oxygen atoms in total. The molecule has 0 saturated carbocycles. The highest BCUT2D eigenvalue weighted by Gasteiger charge is 2.15. The summed E-state index contributed by atoms with van der Waals surface area (Å²) in [6.07, 6.45) is 0.547. The van der Waals surface area contributed by atoms with E-state index in [4.69, 9.17) is 0 Å². The number of fused-ring (bicyclic) bond motifs is 3. The second-order valence-corrected chi connectivity index (χ2v) is 6.96. The maximum Gasteiger partial charge on any atom is 0.269 e. The molecule has 0 spiro atoms. The zero-order valence-corrected chi connectivity index (χ0v) is 16.2. The third-order valence-corrected chi connectivity index (χ3v) is 5.04. The van der Waals surface area contributed by atoms with Gasteiger partial charge in [0.25, 0.3) is 17.2 Å². The van der Waals surface area contributed by atoms with Crippen LogP contribution in [0.2, 0.25) is 0 Å². The number of carbonyl (C=O) groups is 1. The van der Waals surface area contributed by atoms with Gasteiger partial charge in [-0.15, -0.1) is 0 Å². The van der Waals surface area contributed by atoms with Crippen molar-refractivity contribution in [2.45, 2.75) is 19.9 Å². The van der Waals surface area contributed by atoms with Gasteiger partial charge in [0.05, 0.1) is 15.8 Å². The van der Waals surface area contributed by atoms with Gasteiger partial charge >= 0.3 is 0 Å². The van der Waals surface area contributed by atoms with E-state index in [1.807, 2.05) is 31.2 Å². The third kappa shape index (κ3) is 3.41. The van der Waals surface area contributed by atoms with E-state index in [1.54, 1.807) is 4.57 Å². The quantitative estimate of drug-likeness (QED) is 0.290. The van der Waals surface area contributed by atoms with Gasteiger partial charge in [-0.3, -0.25) is 24.8 Å². The summed E-state index contributed by atoms with van der Waals surface area (Å²) >= 11 is 0. The van der Waals surface area contributed by atoms with Crippen LogP contribution in [0, 0.1) is 17.0 Å². The normalized spacial score (nSPS) is 11.1. The average molecular weight is 405 g/mol. The number of hydrogen-bond donors (Lipinski definition) is 2. The number of non-ortho nitro benzene ring substituents is 1. The lowest BCUT2D eigenvalue weighted by Gasteiger charge is -2.12. The number of nitro benzene ring substituents is 1. The van der Waals surface area contributed by atoms with Gasteiger partial charge in [-0.1, -0.05) is 18.2 Å². The predicted octanol–water partition coefficient (Wildman–Crippen LogP) is 2.91. The number of nitrogens with zero attached hydrogens (tertiary/aromatic N) is 3. The Hall–Kier alpha value is -4.01. The van der Waals surface area contributed by atoms with Crippen molar-refractivity contribution in [3.8, 4) is 0 Å². The Labute approximate surface area is 170 Å². The first-order chi connectivity index (χ1) is 14.5. The van der Waals surface area contributed by atoms with Crippen molar-refractivity contribution in [2.24, 2.45) is 0 Å². The van der Waals surface area contributed by atoms with Crippen LogP contribution in [-0.2, 0) is 6.54 Å². The van der Waals surface area contributed by atoms with Gasteiger partial charge in [0.2, 0.25) is 0 Å². The highest BCUT2D eigenvalue weighted by atomic mass is 16.6. The van der Waals surface area contributed by atoms with Gasteiger partial charge in [0.1, 0.15) is 5.52 Å². The number of amides is 1. The molecule has 4 rings (SSSR count). The van der Waals surface area contributed by atoms with Crippen molar-refractivity contribution in [1.29, 1.82) is 0 Å². The van der Waals surface area contributed by atoms with Gasteiger partial charge < -0.3 is 9.88 Å². The average Bonchev–Trinajstić information content (AvgIpc) is 3.15. The Morgan fingerprint density at radius 2 is 1.93 bits per heavy atom. The molecule has 2 N–H and O–H groups in total. The summed E-state index contributed by atoms with van der Waals surface area (Å²) in [7, 11) is 0. The molecule has 0 atom stereocenters. The number of nitro groups is 1. The molecule has 9 heteroatoms. The maximum atomic E-state index is 13.0. The fraction of sp³-hybridized carbons (Fsp3) is 0.190. The summed E-state index contributed by atoms with van der Waals surface area (Å²) in [5, 5.41) is 22.1. The number of H-pyrrole nitrogens is 1. The van der Waals surface area contributed by atoms with Gasteiger partial charge in [0.15, 0.2) is 0 Å². The molecule has 0 saturated heterocycles. The molecular weight excluding hydrogens is 386 g/mol. The van der Waals surface area contributed by atoms with Crippen molar-refractivity contribution < 1.29 is 9.72 Å². The summed E-state index contributed by atoms with van der Waals surface area (Å²) in [5.41, 5.74) is 2.35. The minimum Gasteiger partial charge on any atom is -0.352 e. The summed E-state index contributed by atoms with van der Waals surface area (Å²) < 4.78 is 1.71. The molecule has 4 aromatic rings. The van der Waals surface area contributed by atoms with Crippen LogP contribution in [0.25, 0.3) is 21.8 Å². The van der Waals surface area contributed by atoms with E-state index in [0.29, 0.717) is 36.0 Å². The van der Waals surface area contributed by atoms with E-state index in [9.17, 15) is 19.7 Å². The molecule has 30 heavy (non-hydrogen) atoms. The van der Waals surface area contributed by atoms with Crippen LogP contribution in [-0.4, -0.2) is 32.1 Å². The number of pyridine rings is 1. The van der Waals surface area contributed by atoms with Crippen molar-refractivity contribution in [3.05, 3.63) is 80.3 Å². The lowest BCUT2D eigenvalue weighted by atomic mass is 10.1. The molecule has 0 aliphatic rings. The molecular formula is C21H19N5O4. The molecule has 152 valence electrons. The van der Waals surface area contributed by atoms with Gasteiger partial charge in [-0.2, -0.15) is 5.10 Å². The number of rotatable bonds is 6. The molecule has 0 bridgehead atoms. The number of carbonyl (C=O) groups excluding carboxylic acids is 1. The second-order valence-electron chi connectivity index (χ2n) is 6.96. The van der Waals surface area contributed by atoms with E-state index >= 15 is 0 Å².